The first kappa shape index (κ1) is 8.44. The van der Waals surface area contributed by atoms with Gasteiger partial charge in [0.05, 0.1) is 6.33 Å². The molecule has 0 radical (unpaired) electrons. The van der Waals surface area contributed by atoms with Crippen LogP contribution in [0.5, 0.6) is 0 Å². The van der Waals surface area contributed by atoms with Crippen LogP contribution in [0, 0.1) is 6.92 Å². The van der Waals surface area contributed by atoms with Gasteiger partial charge in [-0.15, -0.1) is 0 Å². The molecule has 0 aliphatic heterocycles. The highest BCUT2D eigenvalue weighted by Gasteiger charge is 2.08. The molecule has 0 aliphatic rings. The van der Waals surface area contributed by atoms with E-state index in [-0.39, 0.29) is 0 Å². The second kappa shape index (κ2) is 2.96. The highest BCUT2D eigenvalue weighted by atomic mass is 35.5. The minimum Gasteiger partial charge on any atom is -0.327 e. The van der Waals surface area contributed by atoms with Crippen molar-refractivity contribution in [2.45, 2.75) is 20.4 Å². The second-order valence-electron chi connectivity index (χ2n) is 2.76. The van der Waals surface area contributed by atoms with Crippen molar-refractivity contribution in [1.82, 2.24) is 19.5 Å². The lowest BCUT2D eigenvalue weighted by molar-refractivity contribution is 0.785. The molecule has 0 atom stereocenters. The monoisotopic (exact) mass is 196 g/mol. The Balaban J connectivity index is 2.82. The molecule has 0 amide bonds. The number of imidazole rings is 1. The van der Waals surface area contributed by atoms with E-state index in [1.807, 2.05) is 11.5 Å². The Kier molecular flexibility index (Phi) is 1.92. The third kappa shape index (κ3) is 1.27. The number of aromatic nitrogens is 4. The summed E-state index contributed by atoms with van der Waals surface area (Å²) in [6, 6.07) is 0. The van der Waals surface area contributed by atoms with Crippen LogP contribution in [0.1, 0.15) is 12.7 Å². The van der Waals surface area contributed by atoms with Crippen molar-refractivity contribution in [3.8, 4) is 0 Å². The Bertz CT molecular complexity index is 449. The van der Waals surface area contributed by atoms with Gasteiger partial charge in [-0.1, -0.05) is 11.6 Å². The maximum Gasteiger partial charge on any atom is 0.182 e. The van der Waals surface area contributed by atoms with E-state index in [4.69, 9.17) is 11.6 Å². The molecule has 2 heterocycles. The van der Waals surface area contributed by atoms with Gasteiger partial charge >= 0.3 is 0 Å². The number of hydrogen-bond donors (Lipinski definition) is 0. The standard InChI is InChI=1S/C8H9ClN4/c1-3-13-4-10-8-6(13)7(9)11-5(2)12-8/h4H,3H2,1-2H3. The van der Waals surface area contributed by atoms with Gasteiger partial charge < -0.3 is 4.57 Å². The average molecular weight is 197 g/mol. The summed E-state index contributed by atoms with van der Waals surface area (Å²) in [6.45, 7) is 4.65. The number of fused-ring (bicyclic) bond motifs is 1. The lowest BCUT2D eigenvalue weighted by Gasteiger charge is -2.00. The van der Waals surface area contributed by atoms with E-state index in [0.29, 0.717) is 16.6 Å². The Morgan fingerprint density at radius 2 is 2.23 bits per heavy atom. The molecule has 0 bridgehead atoms. The molecule has 4 nitrogen and oxygen atoms in total. The highest BCUT2D eigenvalue weighted by Crippen LogP contribution is 2.18. The van der Waals surface area contributed by atoms with Crippen LogP contribution in [0.15, 0.2) is 6.33 Å². The molecule has 0 N–H and O–H groups in total. The van der Waals surface area contributed by atoms with E-state index in [1.54, 1.807) is 13.3 Å². The van der Waals surface area contributed by atoms with Gasteiger partial charge in [-0.05, 0) is 13.8 Å². The molecular weight excluding hydrogens is 188 g/mol. The maximum atomic E-state index is 5.98. The molecule has 0 saturated heterocycles. The van der Waals surface area contributed by atoms with Crippen LogP contribution in [0.3, 0.4) is 0 Å². The summed E-state index contributed by atoms with van der Waals surface area (Å²) >= 11 is 5.98. The van der Waals surface area contributed by atoms with Crippen LogP contribution in [0.4, 0.5) is 0 Å². The van der Waals surface area contributed by atoms with Crippen LogP contribution in [-0.4, -0.2) is 19.5 Å². The van der Waals surface area contributed by atoms with Gasteiger partial charge in [0.15, 0.2) is 10.8 Å². The lowest BCUT2D eigenvalue weighted by Crippen LogP contribution is -1.95. The van der Waals surface area contributed by atoms with E-state index in [1.165, 1.54) is 0 Å². The van der Waals surface area contributed by atoms with Gasteiger partial charge in [-0.2, -0.15) is 0 Å². The zero-order chi connectivity index (χ0) is 9.42. The van der Waals surface area contributed by atoms with Crippen molar-refractivity contribution in [2.24, 2.45) is 0 Å². The Morgan fingerprint density at radius 3 is 2.92 bits per heavy atom. The first-order valence-electron chi connectivity index (χ1n) is 4.07. The summed E-state index contributed by atoms with van der Waals surface area (Å²) in [5.74, 6) is 0.652. The van der Waals surface area contributed by atoms with Crippen molar-refractivity contribution >= 4 is 22.8 Å². The zero-order valence-electron chi connectivity index (χ0n) is 7.45. The van der Waals surface area contributed by atoms with Crippen LogP contribution >= 0.6 is 11.6 Å². The quantitative estimate of drug-likeness (QED) is 0.654. The number of halogens is 1. The van der Waals surface area contributed by atoms with Crippen molar-refractivity contribution in [1.29, 1.82) is 0 Å². The zero-order valence-corrected chi connectivity index (χ0v) is 8.21. The lowest BCUT2D eigenvalue weighted by atomic mass is 10.5. The van der Waals surface area contributed by atoms with Crippen LogP contribution in [-0.2, 0) is 6.54 Å². The van der Waals surface area contributed by atoms with Crippen molar-refractivity contribution in [3.63, 3.8) is 0 Å². The molecule has 0 saturated carbocycles. The molecule has 5 heteroatoms. The third-order valence-electron chi connectivity index (χ3n) is 1.88. The summed E-state index contributed by atoms with van der Waals surface area (Å²) in [5, 5.41) is 0.474. The number of rotatable bonds is 1. The summed E-state index contributed by atoms with van der Waals surface area (Å²) in [7, 11) is 0. The predicted octanol–water partition coefficient (Wildman–Crippen LogP) is 1.81. The molecule has 2 rings (SSSR count). The van der Waals surface area contributed by atoms with Crippen LogP contribution in [0.25, 0.3) is 11.2 Å². The van der Waals surface area contributed by atoms with Gasteiger partial charge in [0, 0.05) is 6.54 Å². The molecule has 0 spiro atoms. The van der Waals surface area contributed by atoms with Crippen molar-refractivity contribution in [2.75, 3.05) is 0 Å². The smallest absolute Gasteiger partial charge is 0.182 e. The van der Waals surface area contributed by atoms with Crippen LogP contribution < -0.4 is 0 Å². The Hall–Kier alpha value is -1.16. The topological polar surface area (TPSA) is 43.6 Å². The van der Waals surface area contributed by atoms with Gasteiger partial charge in [0.1, 0.15) is 11.3 Å². The number of aryl methyl sites for hydroxylation is 2. The van der Waals surface area contributed by atoms with Gasteiger partial charge in [0.2, 0.25) is 0 Å². The summed E-state index contributed by atoms with van der Waals surface area (Å²) in [6.07, 6.45) is 1.73. The first-order chi connectivity index (χ1) is 6.22. The Morgan fingerprint density at radius 1 is 1.46 bits per heavy atom. The summed E-state index contributed by atoms with van der Waals surface area (Å²) < 4.78 is 1.93. The molecule has 0 fully saturated rings. The fourth-order valence-corrected chi connectivity index (χ4v) is 1.59. The molecule has 2 aromatic rings. The molecule has 0 unspecified atom stereocenters. The molecule has 68 valence electrons. The van der Waals surface area contributed by atoms with Crippen molar-refractivity contribution in [3.05, 3.63) is 17.3 Å². The van der Waals surface area contributed by atoms with E-state index in [2.05, 4.69) is 15.0 Å². The van der Waals surface area contributed by atoms with Crippen molar-refractivity contribution < 1.29 is 0 Å². The third-order valence-corrected chi connectivity index (χ3v) is 2.15. The molecule has 0 aromatic carbocycles. The molecule has 13 heavy (non-hydrogen) atoms. The molecule has 0 aliphatic carbocycles. The van der Waals surface area contributed by atoms with E-state index < -0.39 is 0 Å². The predicted molar refractivity (Wildman–Crippen MR) is 50.7 cm³/mol. The largest absolute Gasteiger partial charge is 0.327 e. The second-order valence-corrected chi connectivity index (χ2v) is 3.12. The van der Waals surface area contributed by atoms with E-state index in [0.717, 1.165) is 12.1 Å². The molecule has 2 aromatic heterocycles. The fourth-order valence-electron chi connectivity index (χ4n) is 1.28. The van der Waals surface area contributed by atoms with Gasteiger partial charge in [-0.3, -0.25) is 0 Å². The minimum absolute atomic E-state index is 0.474. The van der Waals surface area contributed by atoms with Gasteiger partial charge in [0.25, 0.3) is 0 Å². The first-order valence-corrected chi connectivity index (χ1v) is 4.45. The normalized spacial score (nSPS) is 11.0. The maximum absolute atomic E-state index is 5.98. The Labute approximate surface area is 80.6 Å². The SMILES string of the molecule is CCn1cnc2nc(C)nc(Cl)c21. The highest BCUT2D eigenvalue weighted by molar-refractivity contribution is 6.33. The summed E-state index contributed by atoms with van der Waals surface area (Å²) in [5.41, 5.74) is 1.48. The van der Waals surface area contributed by atoms with E-state index in [9.17, 15) is 0 Å². The fraction of sp³-hybridized carbons (Fsp3) is 0.375. The van der Waals surface area contributed by atoms with Gasteiger partial charge in [-0.25, -0.2) is 15.0 Å². The molecular formula is C8H9ClN4. The number of hydrogen-bond acceptors (Lipinski definition) is 3. The number of nitrogens with zero attached hydrogens (tertiary/aromatic N) is 4. The average Bonchev–Trinajstić information content (AvgIpc) is 2.47. The summed E-state index contributed by atoms with van der Waals surface area (Å²) in [4.78, 5) is 12.4. The van der Waals surface area contributed by atoms with Crippen LogP contribution in [0.2, 0.25) is 5.15 Å². The van der Waals surface area contributed by atoms with E-state index >= 15 is 0 Å². The minimum atomic E-state index is 0.474.